The van der Waals surface area contributed by atoms with Crippen molar-refractivity contribution in [3.05, 3.63) is 44.8 Å². The second-order valence-corrected chi connectivity index (χ2v) is 6.28. The van der Waals surface area contributed by atoms with Crippen LogP contribution in [0.1, 0.15) is 12.8 Å². The molecule has 23 heavy (non-hydrogen) atoms. The van der Waals surface area contributed by atoms with E-state index in [9.17, 15) is 14.9 Å². The predicted octanol–water partition coefficient (Wildman–Crippen LogP) is 0.568. The van der Waals surface area contributed by atoms with Crippen LogP contribution in [0.5, 0.6) is 0 Å². The van der Waals surface area contributed by atoms with E-state index in [-0.39, 0.29) is 0 Å². The van der Waals surface area contributed by atoms with Gasteiger partial charge >= 0.3 is 11.3 Å². The molecule has 1 aromatic carbocycles. The van der Waals surface area contributed by atoms with Gasteiger partial charge in [0.15, 0.2) is 0 Å². The normalized spacial score (nSPS) is 23.9. The third-order valence-corrected chi connectivity index (χ3v) is 5.03. The fraction of sp³-hybridized carbons (Fsp3) is 0.438. The summed E-state index contributed by atoms with van der Waals surface area (Å²) in [5.74, 6) is 0. The summed E-state index contributed by atoms with van der Waals surface area (Å²) in [5, 5.41) is 12.1. The molecule has 2 fully saturated rings. The van der Waals surface area contributed by atoms with E-state index in [0.717, 1.165) is 26.1 Å². The van der Waals surface area contributed by atoms with Crippen LogP contribution in [0.3, 0.4) is 0 Å². The Kier molecular flexibility index (Phi) is 3.30. The second-order valence-electron chi connectivity index (χ2n) is 6.28. The molecule has 0 radical (unpaired) electrons. The van der Waals surface area contributed by atoms with Crippen molar-refractivity contribution < 1.29 is 14.2 Å². The molecule has 0 amide bonds. The minimum atomic E-state index is -0.870. The van der Waals surface area contributed by atoms with Gasteiger partial charge < -0.3 is 14.2 Å². The number of nitrogens with zero attached hydrogens (tertiary/aromatic N) is 2. The first-order chi connectivity index (χ1) is 11.1. The van der Waals surface area contributed by atoms with E-state index in [0.29, 0.717) is 22.7 Å². The fourth-order valence-electron chi connectivity index (χ4n) is 3.98. The highest BCUT2D eigenvalue weighted by molar-refractivity contribution is 5.95. The molecule has 7 nitrogen and oxygen atoms in total. The molecule has 0 aliphatic carbocycles. The number of piperazine rings is 1. The molecule has 7 heteroatoms. The average Bonchev–Trinajstić information content (AvgIpc) is 3.00. The SMILES string of the molecule is O=c1oc2ccccc2c(N2CC[NH+]3CCC[C@@H]3C2)c1[N+](=O)[O-]. The van der Waals surface area contributed by atoms with Crippen molar-refractivity contribution in [3.8, 4) is 0 Å². The number of hydrogen-bond donors (Lipinski definition) is 1. The van der Waals surface area contributed by atoms with Crippen molar-refractivity contribution in [3.63, 3.8) is 0 Å². The van der Waals surface area contributed by atoms with Crippen molar-refractivity contribution in [1.82, 2.24) is 0 Å². The third kappa shape index (κ3) is 2.28. The minimum absolute atomic E-state index is 0.402. The number of benzene rings is 1. The third-order valence-electron chi connectivity index (χ3n) is 5.03. The summed E-state index contributed by atoms with van der Waals surface area (Å²) in [6.07, 6.45) is 2.34. The lowest BCUT2D eigenvalue weighted by Gasteiger charge is -2.36. The Morgan fingerprint density at radius 3 is 2.96 bits per heavy atom. The Morgan fingerprint density at radius 2 is 2.13 bits per heavy atom. The molecule has 2 aliphatic rings. The maximum absolute atomic E-state index is 12.1. The van der Waals surface area contributed by atoms with Crippen LogP contribution in [0, 0.1) is 10.1 Å². The van der Waals surface area contributed by atoms with E-state index in [1.54, 1.807) is 23.1 Å². The van der Waals surface area contributed by atoms with E-state index >= 15 is 0 Å². The molecule has 3 heterocycles. The summed E-state index contributed by atoms with van der Waals surface area (Å²) in [5.41, 5.74) is -0.484. The number of nitrogens with one attached hydrogen (secondary N) is 1. The number of fused-ring (bicyclic) bond motifs is 2. The van der Waals surface area contributed by atoms with Crippen LogP contribution >= 0.6 is 0 Å². The Balaban J connectivity index is 1.88. The summed E-state index contributed by atoms with van der Waals surface area (Å²) in [6.45, 7) is 3.61. The molecule has 2 atom stereocenters. The van der Waals surface area contributed by atoms with Crippen LogP contribution < -0.4 is 15.4 Å². The average molecular weight is 316 g/mol. The molecule has 2 aromatic rings. The van der Waals surface area contributed by atoms with Crippen LogP contribution in [0.25, 0.3) is 11.0 Å². The highest BCUT2D eigenvalue weighted by atomic mass is 16.6. The summed E-state index contributed by atoms with van der Waals surface area (Å²) in [7, 11) is 0. The van der Waals surface area contributed by atoms with Gasteiger partial charge in [0.25, 0.3) is 0 Å². The molecule has 1 unspecified atom stereocenters. The zero-order chi connectivity index (χ0) is 16.0. The lowest BCUT2D eigenvalue weighted by molar-refractivity contribution is -0.912. The number of rotatable bonds is 2. The predicted molar refractivity (Wildman–Crippen MR) is 85.1 cm³/mol. The lowest BCUT2D eigenvalue weighted by atomic mass is 10.1. The van der Waals surface area contributed by atoms with E-state index < -0.39 is 16.2 Å². The van der Waals surface area contributed by atoms with Gasteiger partial charge in [0, 0.05) is 18.2 Å². The van der Waals surface area contributed by atoms with Crippen molar-refractivity contribution in [2.24, 2.45) is 0 Å². The summed E-state index contributed by atoms with van der Waals surface area (Å²) in [4.78, 5) is 26.6. The van der Waals surface area contributed by atoms with Gasteiger partial charge in [-0.15, -0.1) is 0 Å². The summed E-state index contributed by atoms with van der Waals surface area (Å²) < 4.78 is 5.14. The molecule has 2 saturated heterocycles. The highest BCUT2D eigenvalue weighted by Gasteiger charge is 2.38. The Morgan fingerprint density at radius 1 is 1.30 bits per heavy atom. The van der Waals surface area contributed by atoms with E-state index in [1.165, 1.54) is 13.0 Å². The molecule has 4 rings (SSSR count). The highest BCUT2D eigenvalue weighted by Crippen LogP contribution is 2.34. The van der Waals surface area contributed by atoms with Gasteiger partial charge in [-0.3, -0.25) is 10.1 Å². The van der Waals surface area contributed by atoms with Crippen molar-refractivity contribution in [2.75, 3.05) is 31.1 Å². The molecule has 0 saturated carbocycles. The van der Waals surface area contributed by atoms with Gasteiger partial charge in [-0.05, 0) is 12.1 Å². The van der Waals surface area contributed by atoms with Gasteiger partial charge in [-0.25, -0.2) is 4.79 Å². The smallest absolute Gasteiger partial charge is 0.417 e. The standard InChI is InChI=1S/C16H17N3O4/c20-16-15(19(21)22)14(12-5-1-2-6-13(12)23-16)18-9-8-17-7-3-4-11(17)10-18/h1-2,5-6,11H,3-4,7-10H2/p+1/t11-/m1/s1. The first-order valence-electron chi connectivity index (χ1n) is 7.95. The van der Waals surface area contributed by atoms with Crippen LogP contribution in [-0.4, -0.2) is 37.1 Å². The number of hydrogen-bond acceptors (Lipinski definition) is 5. The van der Waals surface area contributed by atoms with Gasteiger partial charge in [0.05, 0.1) is 31.1 Å². The molecular formula is C16H18N3O4+. The maximum Gasteiger partial charge on any atom is 0.417 e. The lowest BCUT2D eigenvalue weighted by Crippen LogP contribution is -3.16. The number of anilines is 1. The second kappa shape index (κ2) is 5.34. The van der Waals surface area contributed by atoms with Gasteiger partial charge in [-0.1, -0.05) is 12.1 Å². The Bertz CT molecular complexity index is 832. The van der Waals surface area contributed by atoms with Crippen molar-refractivity contribution in [2.45, 2.75) is 18.9 Å². The summed E-state index contributed by atoms with van der Waals surface area (Å²) >= 11 is 0. The zero-order valence-electron chi connectivity index (χ0n) is 12.7. The molecule has 0 bridgehead atoms. The van der Waals surface area contributed by atoms with E-state index in [1.807, 2.05) is 11.0 Å². The largest absolute Gasteiger partial charge is 0.418 e. The van der Waals surface area contributed by atoms with Crippen LogP contribution in [0.15, 0.2) is 33.5 Å². The van der Waals surface area contributed by atoms with Gasteiger partial charge in [-0.2, -0.15) is 0 Å². The number of nitro groups is 1. The van der Waals surface area contributed by atoms with Crippen molar-refractivity contribution in [1.29, 1.82) is 0 Å². The molecule has 1 aromatic heterocycles. The number of quaternary nitrogens is 1. The van der Waals surface area contributed by atoms with Crippen molar-refractivity contribution >= 4 is 22.3 Å². The topological polar surface area (TPSA) is 81.0 Å². The zero-order valence-corrected chi connectivity index (χ0v) is 12.7. The Hall–Kier alpha value is -2.41. The van der Waals surface area contributed by atoms with Gasteiger partial charge in [0.2, 0.25) is 0 Å². The van der Waals surface area contributed by atoms with Gasteiger partial charge in [0.1, 0.15) is 17.3 Å². The minimum Gasteiger partial charge on any atom is -0.418 e. The van der Waals surface area contributed by atoms with Crippen LogP contribution in [0.4, 0.5) is 11.4 Å². The summed E-state index contributed by atoms with van der Waals surface area (Å²) in [6, 6.07) is 7.54. The monoisotopic (exact) mass is 316 g/mol. The molecule has 1 N–H and O–H groups in total. The molecule has 0 spiro atoms. The first-order valence-corrected chi connectivity index (χ1v) is 7.95. The first kappa shape index (κ1) is 14.2. The fourth-order valence-corrected chi connectivity index (χ4v) is 3.98. The molecular weight excluding hydrogens is 298 g/mol. The number of para-hydroxylation sites is 1. The van der Waals surface area contributed by atoms with E-state index in [2.05, 4.69) is 0 Å². The van der Waals surface area contributed by atoms with Crippen LogP contribution in [0.2, 0.25) is 0 Å². The molecule has 2 aliphatic heterocycles. The maximum atomic E-state index is 12.1. The quantitative estimate of drug-likeness (QED) is 0.498. The van der Waals surface area contributed by atoms with Crippen LogP contribution in [-0.2, 0) is 0 Å². The Labute approximate surface area is 132 Å². The van der Waals surface area contributed by atoms with E-state index in [4.69, 9.17) is 4.42 Å². The molecule has 120 valence electrons.